The van der Waals surface area contributed by atoms with Crippen LogP contribution < -0.4 is 0 Å². The molecule has 8 heteroatoms. The Kier molecular flexibility index (Phi) is 4.95. The average molecular weight is 362 g/mol. The summed E-state index contributed by atoms with van der Waals surface area (Å²) in [6, 6.07) is 14.9. The van der Waals surface area contributed by atoms with Gasteiger partial charge in [-0.15, -0.1) is 0 Å². The lowest BCUT2D eigenvalue weighted by atomic mass is 10.1. The van der Waals surface area contributed by atoms with Crippen LogP contribution in [0.4, 0.5) is 5.69 Å². The van der Waals surface area contributed by atoms with Crippen LogP contribution >= 0.6 is 0 Å². The number of aromatic nitrogens is 1. The number of aromatic hydroxyl groups is 1. The molecule has 1 amide bonds. The van der Waals surface area contributed by atoms with Crippen molar-refractivity contribution in [3.63, 3.8) is 0 Å². The van der Waals surface area contributed by atoms with Crippen LogP contribution in [0.1, 0.15) is 15.9 Å². The van der Waals surface area contributed by atoms with Crippen molar-refractivity contribution in [3.8, 4) is 11.8 Å². The van der Waals surface area contributed by atoms with Gasteiger partial charge in [-0.25, -0.2) is 0 Å². The van der Waals surface area contributed by atoms with Crippen molar-refractivity contribution in [1.82, 2.24) is 9.88 Å². The van der Waals surface area contributed by atoms with Crippen molar-refractivity contribution in [3.05, 3.63) is 76.0 Å². The molecule has 1 heterocycles. The van der Waals surface area contributed by atoms with Crippen molar-refractivity contribution in [2.45, 2.75) is 6.54 Å². The molecular formula is C19H14N4O4. The van der Waals surface area contributed by atoms with E-state index >= 15 is 0 Å². The lowest BCUT2D eigenvalue weighted by molar-refractivity contribution is -0.383. The average Bonchev–Trinajstić information content (AvgIpc) is 2.68. The number of hydrogen-bond acceptors (Lipinski definition) is 6. The highest BCUT2D eigenvalue weighted by Crippen LogP contribution is 2.35. The molecule has 0 bridgehead atoms. The number of nitrogens with zero attached hydrogens (tertiary/aromatic N) is 4. The van der Waals surface area contributed by atoms with Gasteiger partial charge in [-0.3, -0.25) is 19.9 Å². The van der Waals surface area contributed by atoms with Gasteiger partial charge in [0.15, 0.2) is 5.75 Å². The number of hydrogen-bond donors (Lipinski definition) is 1. The summed E-state index contributed by atoms with van der Waals surface area (Å²) >= 11 is 0. The maximum absolute atomic E-state index is 12.9. The van der Waals surface area contributed by atoms with Gasteiger partial charge in [0.25, 0.3) is 11.6 Å². The highest BCUT2D eigenvalue weighted by molar-refractivity contribution is 6.05. The minimum absolute atomic E-state index is 0.0355. The number of non-ortho nitro benzene ring substituents is 1. The SMILES string of the molecule is N#CCN(Cc1ccccc1)C(=O)c1cc([N+](=O)[O-])c2cccnc2c1O. The number of carbonyl (C=O) groups excluding carboxylic acids is 1. The maximum atomic E-state index is 12.9. The zero-order valence-corrected chi connectivity index (χ0v) is 14.1. The van der Waals surface area contributed by atoms with E-state index in [4.69, 9.17) is 5.26 Å². The number of pyridine rings is 1. The van der Waals surface area contributed by atoms with Gasteiger partial charge in [0.05, 0.1) is 21.9 Å². The normalized spacial score (nSPS) is 10.3. The van der Waals surface area contributed by atoms with Crippen LogP contribution in [0, 0.1) is 21.4 Å². The van der Waals surface area contributed by atoms with E-state index in [0.717, 1.165) is 11.6 Å². The molecule has 0 aliphatic heterocycles. The first kappa shape index (κ1) is 17.8. The molecular weight excluding hydrogens is 348 g/mol. The van der Waals surface area contributed by atoms with Crippen molar-refractivity contribution < 1.29 is 14.8 Å². The predicted molar refractivity (Wildman–Crippen MR) is 96.9 cm³/mol. The monoisotopic (exact) mass is 362 g/mol. The molecule has 1 N–H and O–H groups in total. The van der Waals surface area contributed by atoms with Gasteiger partial charge in [0.2, 0.25) is 0 Å². The number of amides is 1. The smallest absolute Gasteiger partial charge is 0.279 e. The Balaban J connectivity index is 2.09. The molecule has 0 radical (unpaired) electrons. The Morgan fingerprint density at radius 1 is 1.26 bits per heavy atom. The molecule has 0 fully saturated rings. The van der Waals surface area contributed by atoms with Crippen LogP contribution in [0.5, 0.6) is 5.75 Å². The van der Waals surface area contributed by atoms with Crippen molar-refractivity contribution in [1.29, 1.82) is 5.26 Å². The molecule has 0 saturated heterocycles. The van der Waals surface area contributed by atoms with Gasteiger partial charge < -0.3 is 10.0 Å². The van der Waals surface area contributed by atoms with Gasteiger partial charge in [-0.1, -0.05) is 30.3 Å². The van der Waals surface area contributed by atoms with Crippen molar-refractivity contribution >= 4 is 22.5 Å². The van der Waals surface area contributed by atoms with E-state index in [9.17, 15) is 20.0 Å². The first-order chi connectivity index (χ1) is 13.0. The van der Waals surface area contributed by atoms with Crippen LogP contribution in [-0.2, 0) is 6.54 Å². The zero-order valence-electron chi connectivity index (χ0n) is 14.1. The number of benzene rings is 2. The summed E-state index contributed by atoms with van der Waals surface area (Å²) in [6.07, 6.45) is 1.37. The molecule has 1 aromatic heterocycles. The Morgan fingerprint density at radius 2 is 2.00 bits per heavy atom. The molecule has 0 saturated carbocycles. The second-order valence-corrected chi connectivity index (χ2v) is 5.75. The maximum Gasteiger partial charge on any atom is 0.279 e. The Labute approximate surface area is 154 Å². The Hall–Kier alpha value is -3.99. The van der Waals surface area contributed by atoms with Gasteiger partial charge in [-0.05, 0) is 17.7 Å². The highest BCUT2D eigenvalue weighted by Gasteiger charge is 2.26. The summed E-state index contributed by atoms with van der Waals surface area (Å²) < 4.78 is 0. The fraction of sp³-hybridized carbons (Fsp3) is 0.105. The third-order valence-corrected chi connectivity index (χ3v) is 4.04. The van der Waals surface area contributed by atoms with Crippen LogP contribution in [0.2, 0.25) is 0 Å². The minimum atomic E-state index is -0.687. The van der Waals surface area contributed by atoms with E-state index in [1.54, 1.807) is 24.3 Å². The largest absolute Gasteiger partial charge is 0.505 e. The zero-order chi connectivity index (χ0) is 19.4. The molecule has 2 aromatic carbocycles. The summed E-state index contributed by atoms with van der Waals surface area (Å²) in [4.78, 5) is 28.9. The number of rotatable bonds is 5. The van der Waals surface area contributed by atoms with Crippen LogP contribution in [0.25, 0.3) is 10.9 Å². The van der Waals surface area contributed by atoms with Crippen LogP contribution in [-0.4, -0.2) is 32.4 Å². The molecule has 0 aliphatic rings. The summed E-state index contributed by atoms with van der Waals surface area (Å²) in [6.45, 7) is -0.109. The van der Waals surface area contributed by atoms with Crippen molar-refractivity contribution in [2.24, 2.45) is 0 Å². The number of nitro benzene ring substituents is 1. The molecule has 134 valence electrons. The summed E-state index contributed by atoms with van der Waals surface area (Å²) in [7, 11) is 0. The van der Waals surface area contributed by atoms with Gasteiger partial charge in [-0.2, -0.15) is 5.26 Å². The summed E-state index contributed by atoms with van der Waals surface area (Å²) in [5.74, 6) is -1.13. The van der Waals surface area contributed by atoms with E-state index < -0.39 is 16.6 Å². The number of phenols is 1. The third-order valence-electron chi connectivity index (χ3n) is 4.04. The highest BCUT2D eigenvalue weighted by atomic mass is 16.6. The molecule has 3 aromatic rings. The van der Waals surface area contributed by atoms with Gasteiger partial charge in [0, 0.05) is 18.8 Å². The fourth-order valence-corrected chi connectivity index (χ4v) is 2.78. The number of phenolic OH excluding ortho intramolecular Hbond substituents is 1. The van der Waals surface area contributed by atoms with E-state index in [2.05, 4.69) is 4.98 Å². The van der Waals surface area contributed by atoms with Gasteiger partial charge in [0.1, 0.15) is 12.1 Å². The van der Waals surface area contributed by atoms with E-state index in [1.165, 1.54) is 23.2 Å². The predicted octanol–water partition coefficient (Wildman–Crippen LogP) is 3.01. The molecule has 0 atom stereocenters. The van der Waals surface area contributed by atoms with Crippen LogP contribution in [0.15, 0.2) is 54.7 Å². The number of fused-ring (bicyclic) bond motifs is 1. The Morgan fingerprint density at radius 3 is 2.67 bits per heavy atom. The molecule has 8 nitrogen and oxygen atoms in total. The molecule has 0 spiro atoms. The minimum Gasteiger partial charge on any atom is -0.505 e. The summed E-state index contributed by atoms with van der Waals surface area (Å²) in [5, 5.41) is 31.1. The standard InChI is InChI=1S/C19H14N4O4/c20-8-10-22(12-13-5-2-1-3-6-13)19(25)15-11-16(23(26)27)14-7-4-9-21-17(14)18(15)24/h1-7,9,11,24H,10,12H2. The lowest BCUT2D eigenvalue weighted by Crippen LogP contribution is -2.31. The number of nitriles is 1. The topological polar surface area (TPSA) is 120 Å². The van der Waals surface area contributed by atoms with E-state index in [1.807, 2.05) is 12.1 Å². The lowest BCUT2D eigenvalue weighted by Gasteiger charge is -2.20. The third kappa shape index (κ3) is 3.52. The second kappa shape index (κ2) is 7.49. The molecule has 3 rings (SSSR count). The molecule has 0 aliphatic carbocycles. The first-order valence-corrected chi connectivity index (χ1v) is 7.98. The molecule has 0 unspecified atom stereocenters. The molecule has 27 heavy (non-hydrogen) atoms. The number of nitro groups is 1. The number of carbonyl (C=O) groups is 1. The van der Waals surface area contributed by atoms with Crippen LogP contribution in [0.3, 0.4) is 0 Å². The van der Waals surface area contributed by atoms with E-state index in [0.29, 0.717) is 0 Å². The van der Waals surface area contributed by atoms with Crippen molar-refractivity contribution in [2.75, 3.05) is 6.54 Å². The van der Waals surface area contributed by atoms with E-state index in [-0.39, 0.29) is 35.2 Å². The van der Waals surface area contributed by atoms with Gasteiger partial charge >= 0.3 is 0 Å². The first-order valence-electron chi connectivity index (χ1n) is 7.98. The quantitative estimate of drug-likeness (QED) is 0.423. The Bertz CT molecular complexity index is 1060. The fourth-order valence-electron chi connectivity index (χ4n) is 2.78. The second-order valence-electron chi connectivity index (χ2n) is 5.75. The summed E-state index contributed by atoms with van der Waals surface area (Å²) in [5.41, 5.74) is 0.149.